The fourth-order valence-corrected chi connectivity index (χ4v) is 2.63. The van der Waals surface area contributed by atoms with E-state index in [0.717, 1.165) is 0 Å². The van der Waals surface area contributed by atoms with E-state index in [1.165, 1.54) is 30.3 Å². The van der Waals surface area contributed by atoms with Crippen LogP contribution in [0.2, 0.25) is 0 Å². The molecule has 0 amide bonds. The summed E-state index contributed by atoms with van der Waals surface area (Å²) in [7, 11) is -3.84. The normalized spacial score (nSPS) is 11.6. The Labute approximate surface area is 159 Å². The van der Waals surface area contributed by atoms with Crippen LogP contribution in [0.25, 0.3) is 0 Å². The zero-order valence-corrected chi connectivity index (χ0v) is 16.3. The molecule has 0 aliphatic rings. The van der Waals surface area contributed by atoms with Crippen molar-refractivity contribution < 1.29 is 22.3 Å². The molecule has 0 unspecified atom stereocenters. The number of ether oxygens (including phenoxy) is 2. The maximum Gasteiger partial charge on any atom is 0.238 e. The predicted molar refractivity (Wildman–Crippen MR) is 101 cm³/mol. The quantitative estimate of drug-likeness (QED) is 0.621. The van der Waals surface area contributed by atoms with Crippen LogP contribution in [0.5, 0.6) is 11.5 Å². The van der Waals surface area contributed by atoms with Crippen LogP contribution in [0.4, 0.5) is 4.39 Å². The maximum absolute atomic E-state index is 14.2. The molecule has 2 aromatic rings. The summed E-state index contributed by atoms with van der Waals surface area (Å²) in [6.07, 6.45) is 0.495. The van der Waals surface area contributed by atoms with Gasteiger partial charge in [-0.05, 0) is 45.0 Å². The van der Waals surface area contributed by atoms with Crippen LogP contribution >= 0.6 is 0 Å². The standard InChI is InChI=1S/C20H22FNO4S/c1-20(2,3)25-12-5-4-7-15-10-11-17(14-19(15)21)26-16-8-6-9-18(13-16)27(22,23)24/h6,8-11,13-14H,5,12H2,1-3H3,(H2,22,23,24). The molecule has 144 valence electrons. The van der Waals surface area contributed by atoms with Gasteiger partial charge in [0.05, 0.1) is 22.7 Å². The molecule has 0 atom stereocenters. The molecule has 0 heterocycles. The molecule has 0 aromatic heterocycles. The molecule has 0 aliphatic heterocycles. The minimum absolute atomic E-state index is 0.0829. The van der Waals surface area contributed by atoms with Crippen molar-refractivity contribution in [2.24, 2.45) is 5.14 Å². The summed E-state index contributed by atoms with van der Waals surface area (Å²) < 4.78 is 48.0. The third-order valence-electron chi connectivity index (χ3n) is 3.30. The molecular formula is C20H22FNO4S. The van der Waals surface area contributed by atoms with Gasteiger partial charge in [-0.15, -0.1) is 0 Å². The van der Waals surface area contributed by atoms with Crippen molar-refractivity contribution in [1.29, 1.82) is 0 Å². The summed E-state index contributed by atoms with van der Waals surface area (Å²) >= 11 is 0. The van der Waals surface area contributed by atoms with E-state index in [9.17, 15) is 12.8 Å². The Kier molecular flexibility index (Phi) is 6.60. The molecule has 7 heteroatoms. The Bertz CT molecular complexity index is 969. The second-order valence-electron chi connectivity index (χ2n) is 6.78. The number of hydrogen-bond acceptors (Lipinski definition) is 4. The van der Waals surface area contributed by atoms with Crippen molar-refractivity contribution in [3.63, 3.8) is 0 Å². The van der Waals surface area contributed by atoms with Crippen molar-refractivity contribution in [3.8, 4) is 23.3 Å². The lowest BCUT2D eigenvalue weighted by atomic mass is 10.2. The van der Waals surface area contributed by atoms with E-state index < -0.39 is 15.8 Å². The second kappa shape index (κ2) is 8.53. The molecule has 27 heavy (non-hydrogen) atoms. The molecule has 0 aliphatic carbocycles. The molecule has 2 N–H and O–H groups in total. The Morgan fingerprint density at radius 3 is 2.44 bits per heavy atom. The van der Waals surface area contributed by atoms with Crippen molar-refractivity contribution in [2.75, 3.05) is 6.61 Å². The summed E-state index contributed by atoms with van der Waals surface area (Å²) in [5.74, 6) is 5.56. The monoisotopic (exact) mass is 391 g/mol. The molecule has 0 spiro atoms. The van der Waals surface area contributed by atoms with Gasteiger partial charge in [0.25, 0.3) is 0 Å². The molecule has 0 fully saturated rings. The summed E-state index contributed by atoms with van der Waals surface area (Å²) in [5.41, 5.74) is 0.0170. The number of rotatable bonds is 5. The fourth-order valence-electron chi connectivity index (χ4n) is 2.08. The third-order valence-corrected chi connectivity index (χ3v) is 4.21. The number of primary sulfonamides is 1. The highest BCUT2D eigenvalue weighted by atomic mass is 32.2. The Balaban J connectivity index is 2.05. The zero-order chi connectivity index (χ0) is 20.1. The molecule has 0 bridgehead atoms. The zero-order valence-electron chi connectivity index (χ0n) is 15.5. The van der Waals surface area contributed by atoms with Gasteiger partial charge in [-0.3, -0.25) is 0 Å². The fraction of sp³-hybridized carbons (Fsp3) is 0.300. The number of nitrogens with two attached hydrogens (primary N) is 1. The minimum atomic E-state index is -3.84. The first-order valence-corrected chi connectivity index (χ1v) is 9.82. The van der Waals surface area contributed by atoms with E-state index in [2.05, 4.69) is 11.8 Å². The number of halogens is 1. The number of hydrogen-bond donors (Lipinski definition) is 1. The Hall–Kier alpha value is -2.40. The van der Waals surface area contributed by atoms with Crippen molar-refractivity contribution >= 4 is 10.0 Å². The molecule has 0 saturated carbocycles. The van der Waals surface area contributed by atoms with Gasteiger partial charge in [-0.25, -0.2) is 17.9 Å². The highest BCUT2D eigenvalue weighted by Crippen LogP contribution is 2.25. The van der Waals surface area contributed by atoms with E-state index in [1.807, 2.05) is 20.8 Å². The van der Waals surface area contributed by atoms with E-state index in [4.69, 9.17) is 14.6 Å². The van der Waals surface area contributed by atoms with Gasteiger partial charge in [0, 0.05) is 18.6 Å². The first kappa shape index (κ1) is 20.9. The largest absolute Gasteiger partial charge is 0.457 e. The molecule has 0 radical (unpaired) electrons. The van der Waals surface area contributed by atoms with Crippen LogP contribution in [-0.2, 0) is 14.8 Å². The average Bonchev–Trinajstić information content (AvgIpc) is 2.55. The average molecular weight is 391 g/mol. The van der Waals surface area contributed by atoms with Crippen LogP contribution in [0.1, 0.15) is 32.8 Å². The Morgan fingerprint density at radius 1 is 1.11 bits per heavy atom. The molecular weight excluding hydrogens is 369 g/mol. The van der Waals surface area contributed by atoms with E-state index in [0.29, 0.717) is 13.0 Å². The van der Waals surface area contributed by atoms with Gasteiger partial charge in [0.2, 0.25) is 10.0 Å². The minimum Gasteiger partial charge on any atom is -0.457 e. The van der Waals surface area contributed by atoms with Gasteiger partial charge in [0.1, 0.15) is 17.3 Å². The maximum atomic E-state index is 14.2. The summed E-state index contributed by atoms with van der Waals surface area (Å²) in [5, 5.41) is 5.09. The van der Waals surface area contributed by atoms with E-state index in [-0.39, 0.29) is 27.6 Å². The van der Waals surface area contributed by atoms with Gasteiger partial charge < -0.3 is 9.47 Å². The number of sulfonamides is 1. The van der Waals surface area contributed by atoms with Gasteiger partial charge in [-0.1, -0.05) is 17.9 Å². The lowest BCUT2D eigenvalue weighted by Crippen LogP contribution is -2.19. The topological polar surface area (TPSA) is 78.6 Å². The highest BCUT2D eigenvalue weighted by Gasteiger charge is 2.10. The van der Waals surface area contributed by atoms with Gasteiger partial charge >= 0.3 is 0 Å². The highest BCUT2D eigenvalue weighted by molar-refractivity contribution is 7.89. The second-order valence-corrected chi connectivity index (χ2v) is 8.34. The van der Waals surface area contributed by atoms with Crippen LogP contribution < -0.4 is 9.88 Å². The molecule has 0 saturated heterocycles. The smallest absolute Gasteiger partial charge is 0.238 e. The van der Waals surface area contributed by atoms with Crippen molar-refractivity contribution in [2.45, 2.75) is 37.7 Å². The summed E-state index contributed by atoms with van der Waals surface area (Å²) in [6, 6.07) is 9.93. The van der Waals surface area contributed by atoms with Gasteiger partial charge in [0.15, 0.2) is 0 Å². The van der Waals surface area contributed by atoms with Crippen LogP contribution in [0, 0.1) is 17.7 Å². The van der Waals surface area contributed by atoms with Gasteiger partial charge in [-0.2, -0.15) is 0 Å². The lowest BCUT2D eigenvalue weighted by Gasteiger charge is -2.18. The Morgan fingerprint density at radius 2 is 1.81 bits per heavy atom. The first-order valence-electron chi connectivity index (χ1n) is 8.28. The predicted octanol–water partition coefficient (Wildman–Crippen LogP) is 3.82. The van der Waals surface area contributed by atoms with E-state index >= 15 is 0 Å². The first-order chi connectivity index (χ1) is 12.5. The lowest BCUT2D eigenvalue weighted by molar-refractivity contribution is 0.000597. The summed E-state index contributed by atoms with van der Waals surface area (Å²) in [4.78, 5) is -0.0829. The van der Waals surface area contributed by atoms with Crippen LogP contribution in [0.3, 0.4) is 0 Å². The number of benzene rings is 2. The molecule has 2 aromatic carbocycles. The van der Waals surface area contributed by atoms with Crippen LogP contribution in [-0.4, -0.2) is 20.6 Å². The SMILES string of the molecule is CC(C)(C)OCCC#Cc1ccc(Oc2cccc(S(N)(=O)=O)c2)cc1F. The van der Waals surface area contributed by atoms with Crippen molar-refractivity contribution in [1.82, 2.24) is 0 Å². The van der Waals surface area contributed by atoms with Crippen molar-refractivity contribution in [3.05, 3.63) is 53.8 Å². The van der Waals surface area contributed by atoms with E-state index in [1.54, 1.807) is 12.1 Å². The molecule has 2 rings (SSSR count). The third kappa shape index (κ3) is 7.02. The molecule has 5 nitrogen and oxygen atoms in total. The van der Waals surface area contributed by atoms with Crippen LogP contribution in [0.15, 0.2) is 47.4 Å². The summed E-state index contributed by atoms with van der Waals surface area (Å²) in [6.45, 7) is 6.34.